The minimum atomic E-state index is -3.69. The number of nitrogens with one attached hydrogen (secondary N) is 1. The lowest BCUT2D eigenvalue weighted by Crippen LogP contribution is -2.14. The van der Waals surface area contributed by atoms with Crippen LogP contribution in [0.15, 0.2) is 66.0 Å². The molecule has 4 rings (SSSR count). The average Bonchev–Trinajstić information content (AvgIpc) is 3.09. The lowest BCUT2D eigenvalue weighted by molar-refractivity contribution is 0.601. The third-order valence-electron chi connectivity index (χ3n) is 4.80. The van der Waals surface area contributed by atoms with Crippen molar-refractivity contribution in [3.8, 4) is 11.3 Å². The molecule has 1 N–H and O–H groups in total. The second-order valence-corrected chi connectivity index (χ2v) is 8.52. The number of hydrogen-bond donors (Lipinski definition) is 1. The summed E-state index contributed by atoms with van der Waals surface area (Å²) in [5.74, 6) is 0.593. The minimum Gasteiger partial charge on any atom is -0.291 e. The van der Waals surface area contributed by atoms with Gasteiger partial charge in [-0.2, -0.15) is 0 Å². The van der Waals surface area contributed by atoms with Crippen LogP contribution in [0.25, 0.3) is 17.0 Å². The maximum absolute atomic E-state index is 12.9. The number of sulfonamides is 1. The van der Waals surface area contributed by atoms with E-state index >= 15 is 0 Å². The van der Waals surface area contributed by atoms with E-state index in [1.807, 2.05) is 61.8 Å². The van der Waals surface area contributed by atoms with Gasteiger partial charge in [0.25, 0.3) is 10.0 Å². The first kappa shape index (κ1) is 18.2. The molecule has 0 atom stereocenters. The SMILES string of the molecule is Cc1ccc(S(=O)(=O)Nc2cc(-c3cn4cccnc4n3)ccc2C)cc1C. The molecule has 0 bridgehead atoms. The number of fused-ring (bicyclic) bond motifs is 1. The maximum Gasteiger partial charge on any atom is 0.261 e. The van der Waals surface area contributed by atoms with Crippen molar-refractivity contribution in [1.29, 1.82) is 0 Å². The van der Waals surface area contributed by atoms with Gasteiger partial charge in [0.05, 0.1) is 16.3 Å². The Bertz CT molecular complexity index is 1260. The van der Waals surface area contributed by atoms with Gasteiger partial charge in [0.1, 0.15) is 0 Å². The Balaban J connectivity index is 1.71. The monoisotopic (exact) mass is 392 g/mol. The normalized spacial score (nSPS) is 11.7. The fourth-order valence-corrected chi connectivity index (χ4v) is 4.15. The highest BCUT2D eigenvalue weighted by molar-refractivity contribution is 7.92. The molecule has 0 amide bonds. The number of rotatable bonds is 4. The van der Waals surface area contributed by atoms with Crippen LogP contribution in [0, 0.1) is 20.8 Å². The van der Waals surface area contributed by atoms with Crippen LogP contribution < -0.4 is 4.72 Å². The predicted molar refractivity (Wildman–Crippen MR) is 110 cm³/mol. The van der Waals surface area contributed by atoms with Crippen molar-refractivity contribution in [1.82, 2.24) is 14.4 Å². The molecule has 28 heavy (non-hydrogen) atoms. The van der Waals surface area contributed by atoms with E-state index in [1.54, 1.807) is 24.4 Å². The summed E-state index contributed by atoms with van der Waals surface area (Å²) in [6.07, 6.45) is 5.43. The largest absolute Gasteiger partial charge is 0.291 e. The molecule has 0 fully saturated rings. The van der Waals surface area contributed by atoms with E-state index in [0.29, 0.717) is 11.5 Å². The maximum atomic E-state index is 12.9. The van der Waals surface area contributed by atoms with E-state index in [0.717, 1.165) is 27.9 Å². The summed E-state index contributed by atoms with van der Waals surface area (Å²) in [6.45, 7) is 5.72. The number of imidazole rings is 1. The zero-order valence-electron chi connectivity index (χ0n) is 15.8. The number of aryl methyl sites for hydroxylation is 3. The summed E-state index contributed by atoms with van der Waals surface area (Å²) >= 11 is 0. The van der Waals surface area contributed by atoms with Gasteiger partial charge in [0, 0.05) is 24.2 Å². The molecule has 2 aromatic carbocycles. The number of aromatic nitrogens is 3. The predicted octanol–water partition coefficient (Wildman–Crippen LogP) is 4.12. The number of anilines is 1. The molecule has 0 aliphatic carbocycles. The fourth-order valence-electron chi connectivity index (χ4n) is 2.95. The van der Waals surface area contributed by atoms with Crippen molar-refractivity contribution < 1.29 is 8.42 Å². The van der Waals surface area contributed by atoms with Gasteiger partial charge in [-0.1, -0.05) is 18.2 Å². The Hall–Kier alpha value is -3.19. The second-order valence-electron chi connectivity index (χ2n) is 6.83. The fraction of sp³-hybridized carbons (Fsp3) is 0.143. The first-order chi connectivity index (χ1) is 13.3. The first-order valence-corrected chi connectivity index (χ1v) is 10.3. The Labute approximate surface area is 164 Å². The first-order valence-electron chi connectivity index (χ1n) is 8.84. The van der Waals surface area contributed by atoms with Crippen molar-refractivity contribution >= 4 is 21.5 Å². The van der Waals surface area contributed by atoms with Gasteiger partial charge < -0.3 is 0 Å². The Morgan fingerprint density at radius 3 is 2.50 bits per heavy atom. The van der Waals surface area contributed by atoms with Crippen LogP contribution in [0.3, 0.4) is 0 Å². The summed E-state index contributed by atoms with van der Waals surface area (Å²) in [6, 6.07) is 12.6. The molecule has 0 aliphatic heterocycles. The summed E-state index contributed by atoms with van der Waals surface area (Å²) in [4.78, 5) is 8.97. The summed E-state index contributed by atoms with van der Waals surface area (Å²) in [5, 5.41) is 0. The molecule has 6 nitrogen and oxygen atoms in total. The van der Waals surface area contributed by atoms with Crippen molar-refractivity contribution in [2.24, 2.45) is 0 Å². The molecule has 0 saturated carbocycles. The van der Waals surface area contributed by atoms with Crippen LogP contribution in [0.1, 0.15) is 16.7 Å². The van der Waals surface area contributed by atoms with Gasteiger partial charge >= 0.3 is 0 Å². The van der Waals surface area contributed by atoms with Gasteiger partial charge in [-0.3, -0.25) is 9.12 Å². The van der Waals surface area contributed by atoms with Crippen molar-refractivity contribution in [3.05, 3.63) is 77.7 Å². The van der Waals surface area contributed by atoms with E-state index < -0.39 is 10.0 Å². The van der Waals surface area contributed by atoms with E-state index in [4.69, 9.17) is 0 Å². The van der Waals surface area contributed by atoms with Gasteiger partial charge in [-0.05, 0) is 61.7 Å². The molecule has 0 unspecified atom stereocenters. The highest BCUT2D eigenvalue weighted by atomic mass is 32.2. The molecule has 7 heteroatoms. The summed E-state index contributed by atoms with van der Waals surface area (Å²) in [5.41, 5.74) is 4.89. The molecule has 4 aromatic rings. The van der Waals surface area contributed by atoms with Crippen LogP contribution in [0.2, 0.25) is 0 Å². The van der Waals surface area contributed by atoms with Crippen LogP contribution in [0.5, 0.6) is 0 Å². The molecular weight excluding hydrogens is 372 g/mol. The average molecular weight is 392 g/mol. The number of benzene rings is 2. The standard InChI is InChI=1S/C21H20N4O2S/c1-14-6-8-18(11-16(14)3)28(26,27)24-19-12-17(7-5-15(19)2)20-13-25-10-4-9-22-21(25)23-20/h4-13,24H,1-3H3. The molecule has 0 aliphatic rings. The van der Waals surface area contributed by atoms with Crippen LogP contribution >= 0.6 is 0 Å². The molecule has 0 spiro atoms. The molecule has 142 valence electrons. The van der Waals surface area contributed by atoms with Gasteiger partial charge in [-0.15, -0.1) is 0 Å². The zero-order valence-corrected chi connectivity index (χ0v) is 16.7. The van der Waals surface area contributed by atoms with E-state index in [2.05, 4.69) is 14.7 Å². The van der Waals surface area contributed by atoms with Crippen LogP contribution in [-0.4, -0.2) is 22.8 Å². The molecule has 0 saturated heterocycles. The summed E-state index contributed by atoms with van der Waals surface area (Å²) in [7, 11) is -3.69. The Morgan fingerprint density at radius 1 is 0.964 bits per heavy atom. The van der Waals surface area contributed by atoms with E-state index in [-0.39, 0.29) is 4.90 Å². The van der Waals surface area contributed by atoms with Crippen molar-refractivity contribution in [2.45, 2.75) is 25.7 Å². The number of hydrogen-bond acceptors (Lipinski definition) is 4. The second kappa shape index (κ2) is 6.76. The molecular formula is C21H20N4O2S. The smallest absolute Gasteiger partial charge is 0.261 e. The number of nitrogens with zero attached hydrogens (tertiary/aromatic N) is 3. The highest BCUT2D eigenvalue weighted by Gasteiger charge is 2.17. The lowest BCUT2D eigenvalue weighted by atomic mass is 10.1. The van der Waals surface area contributed by atoms with Crippen LogP contribution in [-0.2, 0) is 10.0 Å². The van der Waals surface area contributed by atoms with E-state index in [1.165, 1.54) is 0 Å². The molecule has 2 aromatic heterocycles. The third-order valence-corrected chi connectivity index (χ3v) is 6.17. The lowest BCUT2D eigenvalue weighted by Gasteiger charge is -2.13. The van der Waals surface area contributed by atoms with Crippen molar-refractivity contribution in [2.75, 3.05) is 4.72 Å². The zero-order chi connectivity index (χ0) is 19.9. The Morgan fingerprint density at radius 2 is 1.75 bits per heavy atom. The summed E-state index contributed by atoms with van der Waals surface area (Å²) < 4.78 is 30.3. The molecule has 0 radical (unpaired) electrons. The minimum absolute atomic E-state index is 0.248. The van der Waals surface area contributed by atoms with Gasteiger partial charge in [0.2, 0.25) is 5.78 Å². The topological polar surface area (TPSA) is 76.4 Å². The molecule has 2 heterocycles. The van der Waals surface area contributed by atoms with Crippen LogP contribution in [0.4, 0.5) is 5.69 Å². The third kappa shape index (κ3) is 3.36. The highest BCUT2D eigenvalue weighted by Crippen LogP contribution is 2.27. The van der Waals surface area contributed by atoms with E-state index in [9.17, 15) is 8.42 Å². The van der Waals surface area contributed by atoms with Crippen molar-refractivity contribution in [3.63, 3.8) is 0 Å². The quantitative estimate of drug-likeness (QED) is 0.567. The van der Waals surface area contributed by atoms with Gasteiger partial charge in [0.15, 0.2) is 0 Å². The van der Waals surface area contributed by atoms with Gasteiger partial charge in [-0.25, -0.2) is 18.4 Å². The Kier molecular flexibility index (Phi) is 4.39.